The summed E-state index contributed by atoms with van der Waals surface area (Å²) in [5.74, 6) is 8.43. The van der Waals surface area contributed by atoms with Gasteiger partial charge in [0.2, 0.25) is 0 Å². The number of hydrogen-bond donors (Lipinski definition) is 0. The molecule has 0 unspecified atom stereocenters. The molecule has 0 N–H and O–H groups in total. The third kappa shape index (κ3) is 2.84. The van der Waals surface area contributed by atoms with Gasteiger partial charge in [-0.15, -0.1) is 0 Å². The molecule has 0 radical (unpaired) electrons. The van der Waals surface area contributed by atoms with Gasteiger partial charge < -0.3 is 0 Å². The van der Waals surface area contributed by atoms with Crippen molar-refractivity contribution in [2.24, 2.45) is 23.2 Å². The first kappa shape index (κ1) is 15.3. The van der Waals surface area contributed by atoms with Gasteiger partial charge >= 0.3 is 0 Å². The van der Waals surface area contributed by atoms with Gasteiger partial charge in [0.05, 0.1) is 5.41 Å². The van der Waals surface area contributed by atoms with Gasteiger partial charge in [-0.25, -0.2) is 0 Å². The molecule has 1 saturated carbocycles. The average Bonchev–Trinajstić information content (AvgIpc) is 3.23. The van der Waals surface area contributed by atoms with E-state index in [4.69, 9.17) is 0 Å². The summed E-state index contributed by atoms with van der Waals surface area (Å²) in [5, 5.41) is 0. The lowest BCUT2D eigenvalue weighted by atomic mass is 9.71. The normalized spacial score (nSPS) is 25.5. The summed E-state index contributed by atoms with van der Waals surface area (Å²) in [6, 6.07) is 10.4. The van der Waals surface area contributed by atoms with E-state index in [0.717, 1.165) is 12.8 Å². The minimum Gasteiger partial charge on any atom is -0.300 e. The lowest BCUT2D eigenvalue weighted by molar-refractivity contribution is -0.123. The first-order chi connectivity index (χ1) is 10.7. The lowest BCUT2D eigenvalue weighted by Gasteiger charge is -2.29. The van der Waals surface area contributed by atoms with Crippen LogP contribution < -0.4 is 0 Å². The third-order valence-electron chi connectivity index (χ3n) is 5.68. The quantitative estimate of drug-likeness (QED) is 0.669. The maximum Gasteiger partial charge on any atom is 0.133 e. The molecule has 1 heteroatoms. The van der Waals surface area contributed by atoms with E-state index in [1.54, 1.807) is 6.92 Å². The van der Waals surface area contributed by atoms with Crippen LogP contribution in [0.25, 0.3) is 0 Å². The van der Waals surface area contributed by atoms with Gasteiger partial charge in [-0.2, -0.15) is 0 Å². The molecule has 1 nitrogen and oxygen atoms in total. The standard InChI is InChI=1S/C21H26O/c1-3-4-10-18-11-12-20(21(18)13-14-21)19(16(2)22)15-17-8-6-5-7-9-17/h5-9,18-20H,3-4,10-12,15H2,1-2H3/t18-,19-,20-/m0/s1. The fraction of sp³-hybridized carbons (Fsp3) is 0.571. The summed E-state index contributed by atoms with van der Waals surface area (Å²) in [7, 11) is 0. The Bertz CT molecular complexity index is 581. The predicted molar refractivity (Wildman–Crippen MR) is 90.3 cm³/mol. The van der Waals surface area contributed by atoms with Crippen LogP contribution in [0.5, 0.6) is 0 Å². The number of rotatable bonds is 7. The highest BCUT2D eigenvalue weighted by atomic mass is 16.1. The molecule has 1 spiro atoms. The number of carbonyl (C=O) groups is 1. The summed E-state index contributed by atoms with van der Waals surface area (Å²) in [6.07, 6.45) is 7.06. The molecule has 0 aliphatic heterocycles. The van der Waals surface area contributed by atoms with Crippen molar-refractivity contribution in [3.8, 4) is 11.8 Å². The Morgan fingerprint density at radius 1 is 1.27 bits per heavy atom. The molecule has 3 atom stereocenters. The van der Waals surface area contributed by atoms with Crippen LogP contribution in [0, 0.1) is 35.0 Å². The van der Waals surface area contributed by atoms with E-state index in [0.29, 0.717) is 17.6 Å². The maximum absolute atomic E-state index is 12.3. The summed E-state index contributed by atoms with van der Waals surface area (Å²) in [6.45, 7) is 4.02. The molecular formula is C21H26O. The van der Waals surface area contributed by atoms with Gasteiger partial charge in [0.1, 0.15) is 5.78 Å². The average molecular weight is 294 g/mol. The van der Waals surface area contributed by atoms with Crippen LogP contribution in [0.15, 0.2) is 30.3 Å². The van der Waals surface area contributed by atoms with Crippen LogP contribution in [0.1, 0.15) is 51.5 Å². The number of carbonyl (C=O) groups excluding carboxylic acids is 1. The molecule has 1 aromatic carbocycles. The smallest absolute Gasteiger partial charge is 0.133 e. The molecule has 0 bridgehead atoms. The molecule has 3 rings (SSSR count). The molecule has 2 aliphatic carbocycles. The molecule has 116 valence electrons. The van der Waals surface area contributed by atoms with Crippen molar-refractivity contribution in [3.63, 3.8) is 0 Å². The zero-order valence-corrected chi connectivity index (χ0v) is 13.8. The highest BCUT2D eigenvalue weighted by molar-refractivity contribution is 5.79. The Hall–Kier alpha value is -1.55. The fourth-order valence-corrected chi connectivity index (χ4v) is 4.38. The van der Waals surface area contributed by atoms with Gasteiger partial charge in [-0.1, -0.05) is 61.9 Å². The molecular weight excluding hydrogens is 268 g/mol. The Balaban J connectivity index is 1.74. The second kappa shape index (κ2) is 6.29. The highest BCUT2D eigenvalue weighted by Gasteiger charge is 2.56. The largest absolute Gasteiger partial charge is 0.300 e. The van der Waals surface area contributed by atoms with Crippen molar-refractivity contribution < 1.29 is 4.79 Å². The van der Waals surface area contributed by atoms with E-state index in [1.807, 2.05) is 6.07 Å². The molecule has 1 fully saturated rings. The second-order valence-electron chi connectivity index (χ2n) is 7.05. The minimum absolute atomic E-state index is 0.0420. The van der Waals surface area contributed by atoms with Crippen LogP contribution in [-0.2, 0) is 11.2 Å². The lowest BCUT2D eigenvalue weighted by Crippen LogP contribution is -2.32. The molecule has 0 aromatic heterocycles. The zero-order chi connectivity index (χ0) is 15.6. The summed E-state index contributed by atoms with van der Waals surface area (Å²) in [5.41, 5.74) is 1.32. The molecule has 0 heterocycles. The topological polar surface area (TPSA) is 17.1 Å². The Kier molecular flexibility index (Phi) is 4.39. The SMILES string of the molecule is CCCC[C@H]1CC[C@@H]([C@@H](Cc2ccccc2)C(C)=O)C12C#C2. The first-order valence-electron chi connectivity index (χ1n) is 8.76. The van der Waals surface area contributed by atoms with Crippen LogP contribution in [0.4, 0.5) is 0 Å². The van der Waals surface area contributed by atoms with Crippen molar-refractivity contribution in [1.82, 2.24) is 0 Å². The van der Waals surface area contributed by atoms with E-state index in [1.165, 1.54) is 31.2 Å². The molecule has 22 heavy (non-hydrogen) atoms. The van der Waals surface area contributed by atoms with Crippen molar-refractivity contribution in [2.45, 2.75) is 52.4 Å². The number of ketones is 1. The van der Waals surface area contributed by atoms with Crippen LogP contribution in [0.3, 0.4) is 0 Å². The number of benzene rings is 1. The van der Waals surface area contributed by atoms with E-state index >= 15 is 0 Å². The van der Waals surface area contributed by atoms with Gasteiger partial charge in [-0.3, -0.25) is 4.79 Å². The molecule has 2 aliphatic rings. The minimum atomic E-state index is 0.0420. The molecule has 0 amide bonds. The molecule has 0 saturated heterocycles. The maximum atomic E-state index is 12.3. The van der Waals surface area contributed by atoms with Gasteiger partial charge in [-0.05, 0) is 50.0 Å². The number of Topliss-reactive ketones (excluding diaryl/α,β-unsaturated/α-hetero) is 1. The highest BCUT2D eigenvalue weighted by Crippen LogP contribution is 2.57. The molecule has 1 aromatic rings. The van der Waals surface area contributed by atoms with Crippen LogP contribution >= 0.6 is 0 Å². The van der Waals surface area contributed by atoms with Crippen molar-refractivity contribution in [1.29, 1.82) is 0 Å². The van der Waals surface area contributed by atoms with Crippen molar-refractivity contribution in [2.75, 3.05) is 0 Å². The zero-order valence-electron chi connectivity index (χ0n) is 13.8. The summed E-state index contributed by atoms with van der Waals surface area (Å²) < 4.78 is 0. The monoisotopic (exact) mass is 294 g/mol. The van der Waals surface area contributed by atoms with Crippen LogP contribution in [0.2, 0.25) is 0 Å². The summed E-state index contributed by atoms with van der Waals surface area (Å²) >= 11 is 0. The predicted octanol–water partition coefficient (Wildman–Crippen LogP) is 4.65. The van der Waals surface area contributed by atoms with Gasteiger partial charge in [0, 0.05) is 5.92 Å². The first-order valence-corrected chi connectivity index (χ1v) is 8.76. The van der Waals surface area contributed by atoms with Crippen LogP contribution in [-0.4, -0.2) is 5.78 Å². The number of unbranched alkanes of at least 4 members (excludes halogenated alkanes) is 1. The Morgan fingerprint density at radius 2 is 2.00 bits per heavy atom. The third-order valence-corrected chi connectivity index (χ3v) is 5.68. The van der Waals surface area contributed by atoms with E-state index in [2.05, 4.69) is 43.0 Å². The second-order valence-corrected chi connectivity index (χ2v) is 7.05. The van der Waals surface area contributed by atoms with Gasteiger partial charge in [0.15, 0.2) is 0 Å². The summed E-state index contributed by atoms with van der Waals surface area (Å²) in [4.78, 5) is 12.3. The van der Waals surface area contributed by atoms with Crippen molar-refractivity contribution >= 4 is 5.78 Å². The Morgan fingerprint density at radius 3 is 2.59 bits per heavy atom. The van der Waals surface area contributed by atoms with Crippen molar-refractivity contribution in [3.05, 3.63) is 35.9 Å². The van der Waals surface area contributed by atoms with E-state index in [9.17, 15) is 4.79 Å². The Labute approximate surface area is 134 Å². The van der Waals surface area contributed by atoms with E-state index < -0.39 is 0 Å². The number of hydrogen-bond acceptors (Lipinski definition) is 1. The van der Waals surface area contributed by atoms with E-state index in [-0.39, 0.29) is 11.3 Å². The van der Waals surface area contributed by atoms with Gasteiger partial charge in [0.25, 0.3) is 0 Å². The fourth-order valence-electron chi connectivity index (χ4n) is 4.38.